The van der Waals surface area contributed by atoms with Gasteiger partial charge >= 0.3 is 0 Å². The Kier molecular flexibility index (Phi) is 7.65. The molecule has 0 aliphatic carbocycles. The molecule has 1 aliphatic heterocycles. The molecular weight excluding hydrogens is 216 g/mol. The summed E-state index contributed by atoms with van der Waals surface area (Å²) in [4.78, 5) is 0. The van der Waals surface area contributed by atoms with Gasteiger partial charge in [0.15, 0.2) is 0 Å². The largest absolute Gasteiger partial charge is 0.388 e. The SMILES string of the molecule is OC1COCCOCCOCCOC[C@@H]1O. The zero-order valence-electron chi connectivity index (χ0n) is 9.34. The van der Waals surface area contributed by atoms with Crippen LogP contribution in [0.2, 0.25) is 0 Å². The molecule has 1 aliphatic rings. The van der Waals surface area contributed by atoms with Crippen LogP contribution in [-0.2, 0) is 18.9 Å². The van der Waals surface area contributed by atoms with E-state index in [0.717, 1.165) is 0 Å². The molecule has 1 fully saturated rings. The van der Waals surface area contributed by atoms with Crippen LogP contribution in [-0.4, -0.2) is 75.3 Å². The van der Waals surface area contributed by atoms with Gasteiger partial charge in [-0.05, 0) is 0 Å². The Balaban J connectivity index is 2.21. The summed E-state index contributed by atoms with van der Waals surface area (Å²) in [6.45, 7) is 2.93. The van der Waals surface area contributed by atoms with Crippen molar-refractivity contribution in [3.8, 4) is 0 Å². The molecule has 0 aromatic rings. The summed E-state index contributed by atoms with van der Waals surface area (Å²) in [7, 11) is 0. The number of rotatable bonds is 0. The third-order valence-electron chi connectivity index (χ3n) is 2.14. The molecular formula is C10H20O6. The van der Waals surface area contributed by atoms with Crippen LogP contribution >= 0.6 is 0 Å². The van der Waals surface area contributed by atoms with Crippen molar-refractivity contribution < 1.29 is 29.2 Å². The standard InChI is InChI=1S/C10H20O6/c11-9-7-15-5-3-13-1-2-14-4-6-16-8-10(9)12/h9-12H,1-8H2/t9-,10?/m0/s1. The second-order valence-electron chi connectivity index (χ2n) is 3.51. The van der Waals surface area contributed by atoms with Gasteiger partial charge in [0.2, 0.25) is 0 Å². The second-order valence-corrected chi connectivity index (χ2v) is 3.51. The minimum Gasteiger partial charge on any atom is -0.388 e. The van der Waals surface area contributed by atoms with E-state index in [4.69, 9.17) is 18.9 Å². The lowest BCUT2D eigenvalue weighted by Gasteiger charge is -2.18. The molecule has 0 amide bonds. The van der Waals surface area contributed by atoms with Crippen LogP contribution in [0.5, 0.6) is 0 Å². The van der Waals surface area contributed by atoms with Crippen molar-refractivity contribution in [3.63, 3.8) is 0 Å². The van der Waals surface area contributed by atoms with Gasteiger partial charge in [-0.25, -0.2) is 0 Å². The molecule has 2 atom stereocenters. The van der Waals surface area contributed by atoms with Crippen LogP contribution in [0.1, 0.15) is 0 Å². The second kappa shape index (κ2) is 8.86. The average molecular weight is 236 g/mol. The Morgan fingerprint density at radius 2 is 0.875 bits per heavy atom. The summed E-state index contributed by atoms with van der Waals surface area (Å²) in [6, 6.07) is 0. The number of aliphatic hydroxyl groups excluding tert-OH is 2. The summed E-state index contributed by atoms with van der Waals surface area (Å²) in [6.07, 6.45) is -1.85. The van der Waals surface area contributed by atoms with Crippen molar-refractivity contribution in [1.29, 1.82) is 0 Å². The Bertz CT molecular complexity index is 147. The predicted octanol–water partition coefficient (Wildman–Crippen LogP) is -1.21. The number of hydrogen-bond donors (Lipinski definition) is 2. The van der Waals surface area contributed by atoms with Crippen LogP contribution < -0.4 is 0 Å². The molecule has 96 valence electrons. The molecule has 0 aromatic heterocycles. The first-order chi connectivity index (χ1) is 7.80. The Labute approximate surface area is 95.1 Å². The van der Waals surface area contributed by atoms with Crippen LogP contribution in [0.4, 0.5) is 0 Å². The van der Waals surface area contributed by atoms with Crippen LogP contribution in [0.25, 0.3) is 0 Å². The molecule has 1 rings (SSSR count). The highest BCUT2D eigenvalue weighted by Crippen LogP contribution is 1.97. The molecule has 16 heavy (non-hydrogen) atoms. The lowest BCUT2D eigenvalue weighted by atomic mass is 10.2. The van der Waals surface area contributed by atoms with Gasteiger partial charge < -0.3 is 29.2 Å². The van der Waals surface area contributed by atoms with Crippen molar-refractivity contribution in [3.05, 3.63) is 0 Å². The fourth-order valence-electron chi connectivity index (χ4n) is 1.19. The lowest BCUT2D eigenvalue weighted by Crippen LogP contribution is -2.35. The monoisotopic (exact) mass is 236 g/mol. The van der Waals surface area contributed by atoms with Crippen LogP contribution in [0.3, 0.4) is 0 Å². The fraction of sp³-hybridized carbons (Fsp3) is 1.00. The molecule has 0 bridgehead atoms. The van der Waals surface area contributed by atoms with E-state index in [0.29, 0.717) is 39.6 Å². The zero-order chi connectivity index (χ0) is 11.6. The molecule has 0 spiro atoms. The highest BCUT2D eigenvalue weighted by molar-refractivity contribution is 4.65. The molecule has 1 unspecified atom stereocenters. The molecule has 0 saturated carbocycles. The maximum Gasteiger partial charge on any atom is 0.105 e. The van der Waals surface area contributed by atoms with Crippen molar-refractivity contribution in [2.45, 2.75) is 12.2 Å². The third-order valence-corrected chi connectivity index (χ3v) is 2.14. The normalized spacial score (nSPS) is 31.9. The Morgan fingerprint density at radius 1 is 0.562 bits per heavy atom. The Morgan fingerprint density at radius 3 is 1.25 bits per heavy atom. The van der Waals surface area contributed by atoms with Crippen molar-refractivity contribution in [2.75, 3.05) is 52.9 Å². The summed E-state index contributed by atoms with van der Waals surface area (Å²) >= 11 is 0. The topological polar surface area (TPSA) is 77.4 Å². The molecule has 2 N–H and O–H groups in total. The number of aliphatic hydroxyl groups is 2. The predicted molar refractivity (Wildman–Crippen MR) is 55.3 cm³/mol. The quantitative estimate of drug-likeness (QED) is 0.549. The molecule has 1 saturated heterocycles. The van der Waals surface area contributed by atoms with Gasteiger partial charge in [0.05, 0.1) is 52.9 Å². The molecule has 6 heteroatoms. The maximum atomic E-state index is 9.46. The van der Waals surface area contributed by atoms with E-state index >= 15 is 0 Å². The molecule has 0 aromatic carbocycles. The van der Waals surface area contributed by atoms with Crippen LogP contribution in [0, 0.1) is 0 Å². The molecule has 1 heterocycles. The first kappa shape index (κ1) is 13.8. The number of hydrogen-bond acceptors (Lipinski definition) is 6. The first-order valence-electron chi connectivity index (χ1n) is 5.48. The van der Waals surface area contributed by atoms with Crippen molar-refractivity contribution in [1.82, 2.24) is 0 Å². The maximum absolute atomic E-state index is 9.46. The fourth-order valence-corrected chi connectivity index (χ4v) is 1.19. The van der Waals surface area contributed by atoms with E-state index in [2.05, 4.69) is 0 Å². The van der Waals surface area contributed by atoms with Gasteiger partial charge in [-0.1, -0.05) is 0 Å². The Hall–Kier alpha value is -0.240. The van der Waals surface area contributed by atoms with Crippen LogP contribution in [0.15, 0.2) is 0 Å². The average Bonchev–Trinajstić information content (AvgIpc) is 2.29. The highest BCUT2D eigenvalue weighted by atomic mass is 16.6. The van der Waals surface area contributed by atoms with Gasteiger partial charge in [0.1, 0.15) is 12.2 Å². The van der Waals surface area contributed by atoms with E-state index in [1.165, 1.54) is 0 Å². The van der Waals surface area contributed by atoms with Gasteiger partial charge in [-0.15, -0.1) is 0 Å². The van der Waals surface area contributed by atoms with Crippen molar-refractivity contribution in [2.24, 2.45) is 0 Å². The van der Waals surface area contributed by atoms with Crippen molar-refractivity contribution >= 4 is 0 Å². The summed E-state index contributed by atoms with van der Waals surface area (Å²) < 4.78 is 20.7. The van der Waals surface area contributed by atoms with Gasteiger partial charge in [0, 0.05) is 0 Å². The van der Waals surface area contributed by atoms with E-state index in [1.807, 2.05) is 0 Å². The summed E-state index contributed by atoms with van der Waals surface area (Å²) in [5.74, 6) is 0. The third kappa shape index (κ3) is 6.37. The molecule has 0 radical (unpaired) electrons. The highest BCUT2D eigenvalue weighted by Gasteiger charge is 2.16. The lowest BCUT2D eigenvalue weighted by molar-refractivity contribution is -0.0879. The van der Waals surface area contributed by atoms with Gasteiger partial charge in [-0.3, -0.25) is 0 Å². The summed E-state index contributed by atoms with van der Waals surface area (Å²) in [5.41, 5.74) is 0. The molecule has 6 nitrogen and oxygen atoms in total. The van der Waals surface area contributed by atoms with E-state index in [9.17, 15) is 10.2 Å². The van der Waals surface area contributed by atoms with E-state index in [1.54, 1.807) is 0 Å². The van der Waals surface area contributed by atoms with E-state index in [-0.39, 0.29) is 13.2 Å². The minimum absolute atomic E-state index is 0.0877. The first-order valence-corrected chi connectivity index (χ1v) is 5.48. The van der Waals surface area contributed by atoms with Gasteiger partial charge in [0.25, 0.3) is 0 Å². The smallest absolute Gasteiger partial charge is 0.105 e. The van der Waals surface area contributed by atoms with Gasteiger partial charge in [-0.2, -0.15) is 0 Å². The van der Waals surface area contributed by atoms with E-state index < -0.39 is 12.2 Å². The minimum atomic E-state index is -0.927. The summed E-state index contributed by atoms with van der Waals surface area (Å²) in [5, 5.41) is 18.9. The number of ether oxygens (including phenoxy) is 4. The zero-order valence-corrected chi connectivity index (χ0v) is 9.34.